The summed E-state index contributed by atoms with van der Waals surface area (Å²) in [5.74, 6) is 0. The molecule has 0 aliphatic carbocycles. The van der Waals surface area contributed by atoms with Gasteiger partial charge in [0.15, 0.2) is 0 Å². The van der Waals surface area contributed by atoms with Crippen molar-refractivity contribution in [3.05, 3.63) is 29.8 Å². The number of rotatable bonds is 0. The van der Waals surface area contributed by atoms with Gasteiger partial charge in [-0.3, -0.25) is 0 Å². The van der Waals surface area contributed by atoms with E-state index < -0.39 is 0 Å². The third kappa shape index (κ3) is 0.947. The molecule has 0 atom stereocenters. The second-order valence-electron chi connectivity index (χ2n) is 4.57. The van der Waals surface area contributed by atoms with E-state index in [4.69, 9.17) is 0 Å². The minimum atomic E-state index is 0.461. The first-order valence-electron chi connectivity index (χ1n) is 5.33. The zero-order valence-electron chi connectivity index (χ0n) is 8.59. The number of nitrogens with one attached hydrogen (secondary N) is 1. The molecule has 0 unspecified atom stereocenters. The molecule has 1 aromatic carbocycles. The normalized spacial score (nSPS) is 23.1. The average Bonchev–Trinajstić information content (AvgIpc) is 2.17. The van der Waals surface area contributed by atoms with E-state index in [0.717, 1.165) is 13.1 Å². The molecule has 1 aromatic rings. The van der Waals surface area contributed by atoms with Crippen LogP contribution in [0.3, 0.4) is 0 Å². The molecular weight excluding hydrogens is 172 g/mol. The number of fused-ring (bicyclic) bond motifs is 2. The molecule has 1 saturated heterocycles. The van der Waals surface area contributed by atoms with Gasteiger partial charge in [0, 0.05) is 37.8 Å². The predicted molar refractivity (Wildman–Crippen MR) is 58.9 cm³/mol. The smallest absolute Gasteiger partial charge is 0.0402 e. The van der Waals surface area contributed by atoms with E-state index in [0.29, 0.717) is 5.41 Å². The Kier molecular flexibility index (Phi) is 1.62. The highest BCUT2D eigenvalue weighted by atomic mass is 15.1. The zero-order chi connectivity index (χ0) is 9.60. The van der Waals surface area contributed by atoms with Crippen LogP contribution in [0.2, 0.25) is 0 Å². The van der Waals surface area contributed by atoms with Crippen molar-refractivity contribution in [2.24, 2.45) is 0 Å². The molecule has 0 bridgehead atoms. The average molecular weight is 188 g/mol. The van der Waals surface area contributed by atoms with Gasteiger partial charge in [-0.25, -0.2) is 0 Å². The first kappa shape index (κ1) is 8.30. The SMILES string of the molecule is CN1CCC2(CNC2)c2ccccc21. The van der Waals surface area contributed by atoms with Gasteiger partial charge in [0.25, 0.3) is 0 Å². The third-order valence-corrected chi connectivity index (χ3v) is 3.74. The van der Waals surface area contributed by atoms with E-state index in [9.17, 15) is 0 Å². The monoisotopic (exact) mass is 188 g/mol. The summed E-state index contributed by atoms with van der Waals surface area (Å²) >= 11 is 0. The van der Waals surface area contributed by atoms with Crippen LogP contribution < -0.4 is 10.2 Å². The molecule has 0 saturated carbocycles. The van der Waals surface area contributed by atoms with Gasteiger partial charge in [-0.15, -0.1) is 0 Å². The zero-order valence-corrected chi connectivity index (χ0v) is 8.59. The van der Waals surface area contributed by atoms with Crippen molar-refractivity contribution in [1.29, 1.82) is 0 Å². The molecule has 3 rings (SSSR count). The predicted octanol–water partition coefficient (Wildman–Crippen LogP) is 1.37. The number of nitrogens with zero attached hydrogens (tertiary/aromatic N) is 1. The van der Waals surface area contributed by atoms with E-state index in [1.165, 1.54) is 18.7 Å². The highest BCUT2D eigenvalue weighted by Crippen LogP contribution is 2.41. The summed E-state index contributed by atoms with van der Waals surface area (Å²) in [6.07, 6.45) is 1.30. The Morgan fingerprint density at radius 1 is 1.29 bits per heavy atom. The van der Waals surface area contributed by atoms with Crippen molar-refractivity contribution in [1.82, 2.24) is 5.32 Å². The number of hydrogen-bond acceptors (Lipinski definition) is 2. The van der Waals surface area contributed by atoms with Gasteiger partial charge in [-0.2, -0.15) is 0 Å². The Balaban J connectivity index is 2.12. The summed E-state index contributed by atoms with van der Waals surface area (Å²) in [4.78, 5) is 2.37. The Labute approximate surface area is 84.9 Å². The van der Waals surface area contributed by atoms with Gasteiger partial charge in [-0.05, 0) is 18.1 Å². The minimum absolute atomic E-state index is 0.461. The summed E-state index contributed by atoms with van der Waals surface area (Å²) in [6, 6.07) is 8.85. The van der Waals surface area contributed by atoms with Crippen LogP contribution in [0.15, 0.2) is 24.3 Å². The molecule has 0 amide bonds. The van der Waals surface area contributed by atoms with E-state index in [-0.39, 0.29) is 0 Å². The Morgan fingerprint density at radius 3 is 2.79 bits per heavy atom. The molecule has 2 nitrogen and oxygen atoms in total. The van der Waals surface area contributed by atoms with Crippen LogP contribution >= 0.6 is 0 Å². The van der Waals surface area contributed by atoms with Crippen molar-refractivity contribution in [2.45, 2.75) is 11.8 Å². The Bertz CT molecular complexity index is 355. The van der Waals surface area contributed by atoms with Gasteiger partial charge in [-0.1, -0.05) is 18.2 Å². The first-order valence-corrected chi connectivity index (χ1v) is 5.33. The van der Waals surface area contributed by atoms with Crippen LogP contribution in [0.1, 0.15) is 12.0 Å². The van der Waals surface area contributed by atoms with Crippen molar-refractivity contribution in [3.63, 3.8) is 0 Å². The van der Waals surface area contributed by atoms with E-state index in [2.05, 4.69) is 41.5 Å². The van der Waals surface area contributed by atoms with E-state index in [1.54, 1.807) is 5.56 Å². The fourth-order valence-electron chi connectivity index (χ4n) is 2.69. The lowest BCUT2D eigenvalue weighted by atomic mass is 9.70. The Morgan fingerprint density at radius 2 is 2.07 bits per heavy atom. The maximum atomic E-state index is 3.41. The summed E-state index contributed by atoms with van der Waals surface area (Å²) in [7, 11) is 2.19. The highest BCUT2D eigenvalue weighted by molar-refractivity contribution is 5.59. The lowest BCUT2D eigenvalue weighted by Crippen LogP contribution is -2.59. The molecule has 74 valence electrons. The number of hydrogen-bond donors (Lipinski definition) is 1. The van der Waals surface area contributed by atoms with Crippen LogP contribution in [0.4, 0.5) is 5.69 Å². The van der Waals surface area contributed by atoms with Crippen molar-refractivity contribution in [3.8, 4) is 0 Å². The molecule has 2 aliphatic heterocycles. The maximum Gasteiger partial charge on any atom is 0.0402 e. The summed E-state index contributed by atoms with van der Waals surface area (Å²) < 4.78 is 0. The molecule has 0 aromatic heterocycles. The van der Waals surface area contributed by atoms with Crippen LogP contribution in [-0.4, -0.2) is 26.7 Å². The van der Waals surface area contributed by atoms with Gasteiger partial charge >= 0.3 is 0 Å². The number of anilines is 1. The fourth-order valence-corrected chi connectivity index (χ4v) is 2.69. The third-order valence-electron chi connectivity index (χ3n) is 3.74. The molecule has 1 N–H and O–H groups in total. The second kappa shape index (κ2) is 2.74. The van der Waals surface area contributed by atoms with Gasteiger partial charge in [0.2, 0.25) is 0 Å². The molecule has 2 aliphatic rings. The van der Waals surface area contributed by atoms with Crippen LogP contribution in [0, 0.1) is 0 Å². The molecule has 1 fully saturated rings. The topological polar surface area (TPSA) is 15.3 Å². The quantitative estimate of drug-likeness (QED) is 0.661. The van der Waals surface area contributed by atoms with Crippen molar-refractivity contribution in [2.75, 3.05) is 31.6 Å². The lowest BCUT2D eigenvalue weighted by Gasteiger charge is -2.49. The minimum Gasteiger partial charge on any atom is -0.374 e. The lowest BCUT2D eigenvalue weighted by molar-refractivity contribution is 0.253. The molecular formula is C12H16N2. The molecule has 0 radical (unpaired) electrons. The van der Waals surface area contributed by atoms with Gasteiger partial charge in [0.05, 0.1) is 0 Å². The second-order valence-corrected chi connectivity index (χ2v) is 4.57. The molecule has 2 heteroatoms. The molecule has 14 heavy (non-hydrogen) atoms. The maximum absolute atomic E-state index is 3.41. The highest BCUT2D eigenvalue weighted by Gasteiger charge is 2.42. The summed E-state index contributed by atoms with van der Waals surface area (Å²) in [5, 5.41) is 3.41. The summed E-state index contributed by atoms with van der Waals surface area (Å²) in [5.41, 5.74) is 3.44. The molecule has 1 spiro atoms. The Hall–Kier alpha value is -1.02. The molecule has 2 heterocycles. The first-order chi connectivity index (χ1) is 6.82. The van der Waals surface area contributed by atoms with Crippen LogP contribution in [0.25, 0.3) is 0 Å². The van der Waals surface area contributed by atoms with Gasteiger partial charge < -0.3 is 10.2 Å². The van der Waals surface area contributed by atoms with E-state index >= 15 is 0 Å². The van der Waals surface area contributed by atoms with Crippen LogP contribution in [-0.2, 0) is 5.41 Å². The number of para-hydroxylation sites is 1. The number of benzene rings is 1. The van der Waals surface area contributed by atoms with E-state index in [1.807, 2.05) is 0 Å². The largest absolute Gasteiger partial charge is 0.374 e. The van der Waals surface area contributed by atoms with Crippen molar-refractivity contribution >= 4 is 5.69 Å². The standard InChI is InChI=1S/C12H16N2/c1-14-7-6-12(8-13-9-12)10-4-2-3-5-11(10)14/h2-5,13H,6-9H2,1H3. The van der Waals surface area contributed by atoms with Gasteiger partial charge in [0.1, 0.15) is 0 Å². The van der Waals surface area contributed by atoms with Crippen molar-refractivity contribution < 1.29 is 0 Å². The van der Waals surface area contributed by atoms with Crippen LogP contribution in [0.5, 0.6) is 0 Å². The summed E-state index contributed by atoms with van der Waals surface area (Å²) in [6.45, 7) is 3.52. The fraction of sp³-hybridized carbons (Fsp3) is 0.500.